The molecule has 0 aliphatic carbocycles. The van der Waals surface area contributed by atoms with Crippen LogP contribution in [0.3, 0.4) is 0 Å². The molecule has 288 valence electrons. The Morgan fingerprint density at radius 3 is 1.93 bits per heavy atom. The normalized spacial score (nSPS) is 19.6. The maximum absolute atomic E-state index is 14.1. The predicted molar refractivity (Wildman–Crippen MR) is 205 cm³/mol. The highest BCUT2D eigenvalue weighted by atomic mass is 16.2. The molecule has 3 aromatic heterocycles. The van der Waals surface area contributed by atoms with Gasteiger partial charge in [0.2, 0.25) is 23.6 Å². The van der Waals surface area contributed by atoms with Crippen LogP contribution in [0, 0.1) is 0 Å². The van der Waals surface area contributed by atoms with Gasteiger partial charge >= 0.3 is 0 Å². The highest BCUT2D eigenvalue weighted by Gasteiger charge is 2.43. The van der Waals surface area contributed by atoms with Crippen LogP contribution in [-0.2, 0) is 25.6 Å². The van der Waals surface area contributed by atoms with Crippen molar-refractivity contribution in [3.63, 3.8) is 0 Å². The maximum Gasteiger partial charge on any atom is 0.256 e. The van der Waals surface area contributed by atoms with Gasteiger partial charge in [0.1, 0.15) is 24.2 Å². The van der Waals surface area contributed by atoms with Crippen molar-refractivity contribution in [3.8, 4) is 0 Å². The molecule has 6 heterocycles. The van der Waals surface area contributed by atoms with Crippen LogP contribution in [0.2, 0.25) is 0 Å². The van der Waals surface area contributed by atoms with E-state index in [2.05, 4.69) is 30.9 Å². The standard InChI is InChI=1S/C41H43N9O6/c51-36(47-32(23-27-14-18-42-19-15-27)40(55)48-20-4-11-33(48)38(53)46-31-10-3-17-44-26-31)28-7-1-9-30(24-28)45-37(52)34-12-5-21-49(34)41(56)35-13-6-22-50(35)39(54)29-8-2-16-43-25-29/h1-3,7-10,14-19,24-26,32-35H,4-6,11-13,20-23H2,(H,45,52)(H,46,53)(H,47,51)/t32-,33-,34-,35-/m0/s1. The van der Waals surface area contributed by atoms with Crippen molar-refractivity contribution in [3.05, 3.63) is 115 Å². The van der Waals surface area contributed by atoms with Crippen LogP contribution in [0.25, 0.3) is 0 Å². The molecule has 3 fully saturated rings. The van der Waals surface area contributed by atoms with Gasteiger partial charge in [-0.3, -0.25) is 43.7 Å². The van der Waals surface area contributed by atoms with Crippen molar-refractivity contribution < 1.29 is 28.8 Å². The van der Waals surface area contributed by atoms with Crippen molar-refractivity contribution in [1.29, 1.82) is 0 Å². The lowest BCUT2D eigenvalue weighted by molar-refractivity contribution is -0.139. The Morgan fingerprint density at radius 2 is 1.23 bits per heavy atom. The Labute approximate surface area is 323 Å². The van der Waals surface area contributed by atoms with Crippen molar-refractivity contribution in [2.75, 3.05) is 30.3 Å². The summed E-state index contributed by atoms with van der Waals surface area (Å²) in [6.07, 6.45) is 12.9. The maximum atomic E-state index is 14.1. The minimum absolute atomic E-state index is 0.161. The molecule has 3 saturated heterocycles. The average Bonchev–Trinajstić information content (AvgIpc) is 4.03. The third kappa shape index (κ3) is 8.56. The molecule has 0 unspecified atom stereocenters. The summed E-state index contributed by atoms with van der Waals surface area (Å²) in [6.45, 7) is 1.19. The van der Waals surface area contributed by atoms with E-state index in [4.69, 9.17) is 0 Å². The molecule has 3 N–H and O–H groups in total. The highest BCUT2D eigenvalue weighted by Crippen LogP contribution is 2.27. The predicted octanol–water partition coefficient (Wildman–Crippen LogP) is 3.08. The van der Waals surface area contributed by atoms with Crippen LogP contribution in [0.1, 0.15) is 64.8 Å². The lowest BCUT2D eigenvalue weighted by atomic mass is 10.0. The number of anilines is 2. The smallest absolute Gasteiger partial charge is 0.256 e. The quantitative estimate of drug-likeness (QED) is 0.207. The van der Waals surface area contributed by atoms with Gasteiger partial charge in [-0.05, 0) is 98.7 Å². The van der Waals surface area contributed by atoms with E-state index < -0.39 is 41.9 Å². The van der Waals surface area contributed by atoms with Gasteiger partial charge in [0.05, 0.1) is 17.4 Å². The lowest BCUT2D eigenvalue weighted by Crippen LogP contribution is -2.53. The molecule has 4 aromatic rings. The van der Waals surface area contributed by atoms with Crippen molar-refractivity contribution in [2.24, 2.45) is 0 Å². The SMILES string of the molecule is O=C(N[C@@H](Cc1ccncc1)C(=O)N1CCC[C@H]1C(=O)Nc1cccnc1)c1cccc(NC(=O)[C@@H]2CCCN2C(=O)[C@@H]2CCCN2C(=O)c2cccnc2)c1. The van der Waals surface area contributed by atoms with Crippen LogP contribution in [0.15, 0.2) is 97.8 Å². The number of aromatic nitrogens is 3. The van der Waals surface area contributed by atoms with E-state index in [-0.39, 0.29) is 29.7 Å². The van der Waals surface area contributed by atoms with Crippen LogP contribution >= 0.6 is 0 Å². The largest absolute Gasteiger partial charge is 0.340 e. The van der Waals surface area contributed by atoms with Gasteiger partial charge in [0.25, 0.3) is 11.8 Å². The van der Waals surface area contributed by atoms with Crippen LogP contribution in [-0.4, -0.2) is 109 Å². The number of nitrogens with one attached hydrogen (secondary N) is 3. The van der Waals surface area contributed by atoms with Crippen LogP contribution < -0.4 is 16.0 Å². The second-order valence-electron chi connectivity index (χ2n) is 14.2. The molecule has 6 amide bonds. The number of carbonyl (C=O) groups is 6. The van der Waals surface area contributed by atoms with Gasteiger partial charge in [-0.1, -0.05) is 6.07 Å². The van der Waals surface area contributed by atoms with Gasteiger partial charge in [-0.15, -0.1) is 0 Å². The molecule has 0 spiro atoms. The molecule has 7 rings (SSSR count). The number of hydrogen-bond donors (Lipinski definition) is 3. The number of nitrogens with zero attached hydrogens (tertiary/aromatic N) is 6. The first kappa shape index (κ1) is 37.8. The zero-order valence-corrected chi connectivity index (χ0v) is 30.8. The van der Waals surface area contributed by atoms with E-state index in [1.807, 2.05) is 0 Å². The number of amides is 6. The first-order valence-electron chi connectivity index (χ1n) is 18.9. The van der Waals surface area contributed by atoms with Gasteiger partial charge in [-0.2, -0.15) is 0 Å². The van der Waals surface area contributed by atoms with Gasteiger partial charge in [-0.25, -0.2) is 0 Å². The highest BCUT2D eigenvalue weighted by molar-refractivity contribution is 6.03. The summed E-state index contributed by atoms with van der Waals surface area (Å²) in [5, 5.41) is 8.60. The minimum Gasteiger partial charge on any atom is -0.340 e. The number of pyridine rings is 3. The molecule has 0 saturated carbocycles. The second kappa shape index (κ2) is 17.3. The number of hydrogen-bond acceptors (Lipinski definition) is 9. The summed E-state index contributed by atoms with van der Waals surface area (Å²) in [6, 6.07) is 13.5. The van der Waals surface area contributed by atoms with Gasteiger partial charge in [0.15, 0.2) is 0 Å². The Kier molecular flexibility index (Phi) is 11.7. The van der Waals surface area contributed by atoms with Crippen LogP contribution in [0.5, 0.6) is 0 Å². The fourth-order valence-corrected chi connectivity index (χ4v) is 7.74. The summed E-state index contributed by atoms with van der Waals surface area (Å²) < 4.78 is 0. The average molecular weight is 758 g/mol. The molecular formula is C41H43N9O6. The minimum atomic E-state index is -1.01. The molecule has 0 radical (unpaired) electrons. The zero-order valence-electron chi connectivity index (χ0n) is 30.8. The van der Waals surface area contributed by atoms with Crippen molar-refractivity contribution in [1.82, 2.24) is 35.0 Å². The summed E-state index contributed by atoms with van der Waals surface area (Å²) in [5.41, 5.74) is 2.25. The molecular weight excluding hydrogens is 715 g/mol. The number of rotatable bonds is 11. The number of carbonyl (C=O) groups excluding carboxylic acids is 6. The summed E-state index contributed by atoms with van der Waals surface area (Å²) in [4.78, 5) is 98.8. The fraction of sp³-hybridized carbons (Fsp3) is 0.341. The number of benzene rings is 1. The van der Waals surface area contributed by atoms with E-state index >= 15 is 0 Å². The van der Waals surface area contributed by atoms with Gasteiger partial charge < -0.3 is 30.7 Å². The zero-order chi connectivity index (χ0) is 39.0. The van der Waals surface area contributed by atoms with Crippen molar-refractivity contribution >= 4 is 46.8 Å². The Bertz CT molecular complexity index is 2070. The first-order chi connectivity index (χ1) is 27.3. The van der Waals surface area contributed by atoms with E-state index in [9.17, 15) is 28.8 Å². The fourth-order valence-electron chi connectivity index (χ4n) is 7.74. The van der Waals surface area contributed by atoms with E-state index in [1.54, 1.807) is 89.2 Å². The van der Waals surface area contributed by atoms with E-state index in [1.165, 1.54) is 23.4 Å². The molecule has 3 aliphatic rings. The number of likely N-dealkylation sites (tertiary alicyclic amines) is 3. The third-order valence-electron chi connectivity index (χ3n) is 10.5. The molecule has 15 nitrogen and oxygen atoms in total. The molecule has 1 aromatic carbocycles. The van der Waals surface area contributed by atoms with Gasteiger partial charge in [0, 0.05) is 68.3 Å². The molecule has 0 bridgehead atoms. The van der Waals surface area contributed by atoms with Crippen molar-refractivity contribution in [2.45, 2.75) is 69.1 Å². The third-order valence-corrected chi connectivity index (χ3v) is 10.5. The molecule has 3 aliphatic heterocycles. The topological polar surface area (TPSA) is 187 Å². The molecule has 15 heteroatoms. The molecule has 56 heavy (non-hydrogen) atoms. The van der Waals surface area contributed by atoms with E-state index in [0.717, 1.165) is 5.56 Å². The van der Waals surface area contributed by atoms with Crippen LogP contribution in [0.4, 0.5) is 11.4 Å². The Balaban J connectivity index is 1.02. The Morgan fingerprint density at radius 1 is 0.625 bits per heavy atom. The summed E-state index contributed by atoms with van der Waals surface area (Å²) in [7, 11) is 0. The second-order valence-corrected chi connectivity index (χ2v) is 14.2. The first-order valence-corrected chi connectivity index (χ1v) is 18.9. The summed E-state index contributed by atoms with van der Waals surface area (Å²) >= 11 is 0. The summed E-state index contributed by atoms with van der Waals surface area (Å²) in [5.74, 6) is -2.18. The van der Waals surface area contributed by atoms with E-state index in [0.29, 0.717) is 75.1 Å². The monoisotopic (exact) mass is 757 g/mol. The Hall–Kier alpha value is -6.51. The molecule has 4 atom stereocenters. The lowest BCUT2D eigenvalue weighted by Gasteiger charge is -2.31.